The number of unbranched alkanes of at least 4 members (excludes halogenated alkanes) is 3. The molecule has 1 aromatic heterocycles. The van der Waals surface area contributed by atoms with E-state index in [1.54, 1.807) is 36.4 Å². The summed E-state index contributed by atoms with van der Waals surface area (Å²) >= 11 is 0. The van der Waals surface area contributed by atoms with Crippen molar-refractivity contribution in [1.29, 1.82) is 0 Å². The molecule has 2 amide bonds. The number of hydrogen-bond donors (Lipinski definition) is 3. The monoisotopic (exact) mass is 428 g/mol. The fourth-order valence-electron chi connectivity index (χ4n) is 2.36. The van der Waals surface area contributed by atoms with E-state index in [4.69, 9.17) is 16.2 Å². The van der Waals surface area contributed by atoms with E-state index in [1.165, 1.54) is 6.20 Å². The molecule has 28 heavy (non-hydrogen) atoms. The van der Waals surface area contributed by atoms with Gasteiger partial charge in [-0.05, 0) is 43.7 Å². The molecule has 0 fully saturated rings. The van der Waals surface area contributed by atoms with Crippen LogP contribution >= 0.6 is 24.8 Å². The van der Waals surface area contributed by atoms with E-state index in [1.807, 2.05) is 0 Å². The Bertz CT molecular complexity index is 742. The molecule has 0 aliphatic heterocycles. The second-order valence-electron chi connectivity index (χ2n) is 5.88. The van der Waals surface area contributed by atoms with Crippen LogP contribution in [0.1, 0.15) is 42.5 Å². The lowest BCUT2D eigenvalue weighted by molar-refractivity contribution is -0.116. The summed E-state index contributed by atoms with van der Waals surface area (Å²) in [5, 5.41) is 2.81. The van der Waals surface area contributed by atoms with Crippen molar-refractivity contribution in [3.63, 3.8) is 0 Å². The summed E-state index contributed by atoms with van der Waals surface area (Å²) in [6.45, 7) is 0.694. The minimum atomic E-state index is -0.524. The Morgan fingerprint density at radius 2 is 1.79 bits per heavy atom. The zero-order chi connectivity index (χ0) is 18.8. The normalized spacial score (nSPS) is 9.61. The van der Waals surface area contributed by atoms with Gasteiger partial charge >= 0.3 is 0 Å². The Morgan fingerprint density at radius 3 is 2.43 bits per heavy atom. The van der Waals surface area contributed by atoms with Gasteiger partial charge in [0.25, 0.3) is 0 Å². The van der Waals surface area contributed by atoms with E-state index in [2.05, 4.69) is 10.3 Å². The molecule has 154 valence electrons. The molecule has 2 aromatic rings. The van der Waals surface area contributed by atoms with E-state index in [-0.39, 0.29) is 30.7 Å². The van der Waals surface area contributed by atoms with E-state index in [0.29, 0.717) is 35.8 Å². The number of carbonyl (C=O) groups is 2. The number of ether oxygens (including phenoxy) is 1. The van der Waals surface area contributed by atoms with Crippen molar-refractivity contribution < 1.29 is 14.3 Å². The molecular formula is C19H26Cl2N4O3. The predicted octanol–water partition coefficient (Wildman–Crippen LogP) is 3.66. The zero-order valence-corrected chi connectivity index (χ0v) is 17.1. The number of benzene rings is 1. The van der Waals surface area contributed by atoms with Gasteiger partial charge in [-0.3, -0.25) is 9.59 Å². The number of primary amides is 1. The first-order valence-corrected chi connectivity index (χ1v) is 8.62. The Hall–Kier alpha value is -2.35. The molecule has 0 aliphatic carbocycles. The molecule has 7 nitrogen and oxygen atoms in total. The van der Waals surface area contributed by atoms with Crippen molar-refractivity contribution in [2.24, 2.45) is 11.5 Å². The van der Waals surface area contributed by atoms with Crippen LogP contribution in [0.5, 0.6) is 11.6 Å². The van der Waals surface area contributed by atoms with Crippen molar-refractivity contribution in [2.45, 2.75) is 32.1 Å². The number of hydrogen-bond acceptors (Lipinski definition) is 5. The van der Waals surface area contributed by atoms with Gasteiger partial charge in [0, 0.05) is 18.1 Å². The van der Waals surface area contributed by atoms with Crippen LogP contribution in [-0.2, 0) is 4.79 Å². The van der Waals surface area contributed by atoms with Crippen molar-refractivity contribution >= 4 is 42.3 Å². The number of rotatable bonds is 10. The Kier molecular flexibility index (Phi) is 12.6. The third kappa shape index (κ3) is 9.03. The number of nitrogens with two attached hydrogens (primary N) is 2. The minimum absolute atomic E-state index is 0. The zero-order valence-electron chi connectivity index (χ0n) is 15.4. The fourth-order valence-corrected chi connectivity index (χ4v) is 2.36. The van der Waals surface area contributed by atoms with Gasteiger partial charge in [-0.1, -0.05) is 18.9 Å². The topological polar surface area (TPSA) is 120 Å². The van der Waals surface area contributed by atoms with Crippen LogP contribution in [0.4, 0.5) is 5.69 Å². The number of halogens is 2. The first kappa shape index (κ1) is 25.6. The van der Waals surface area contributed by atoms with Gasteiger partial charge in [0.05, 0.1) is 11.9 Å². The number of carbonyl (C=O) groups excluding carboxylic acids is 2. The smallest absolute Gasteiger partial charge is 0.248 e. The predicted molar refractivity (Wildman–Crippen MR) is 115 cm³/mol. The molecule has 0 unspecified atom stereocenters. The lowest BCUT2D eigenvalue weighted by Gasteiger charge is -2.08. The van der Waals surface area contributed by atoms with E-state index >= 15 is 0 Å². The van der Waals surface area contributed by atoms with Crippen LogP contribution in [0.2, 0.25) is 0 Å². The summed E-state index contributed by atoms with van der Waals surface area (Å²) in [6, 6.07) is 9.90. The maximum Gasteiger partial charge on any atom is 0.248 e. The SMILES string of the molecule is Cl.Cl.NCCCCCCC(=O)Nc1ccc(Oc2cccc(C(N)=O)c2)nc1. The van der Waals surface area contributed by atoms with Gasteiger partial charge in [-0.25, -0.2) is 4.98 Å². The number of aromatic nitrogens is 1. The number of nitrogens with zero attached hydrogens (tertiary/aromatic N) is 1. The molecule has 9 heteroatoms. The summed E-state index contributed by atoms with van der Waals surface area (Å²) in [7, 11) is 0. The van der Waals surface area contributed by atoms with Crippen LogP contribution in [0.15, 0.2) is 42.6 Å². The lowest BCUT2D eigenvalue weighted by atomic mass is 10.1. The Balaban J connectivity index is 0.00000364. The molecule has 1 aromatic carbocycles. The summed E-state index contributed by atoms with van der Waals surface area (Å²) < 4.78 is 5.59. The molecule has 2 rings (SSSR count). The molecule has 5 N–H and O–H groups in total. The molecule has 0 radical (unpaired) electrons. The molecule has 0 saturated carbocycles. The average molecular weight is 429 g/mol. The highest BCUT2D eigenvalue weighted by molar-refractivity contribution is 5.93. The Labute approximate surface area is 177 Å². The van der Waals surface area contributed by atoms with E-state index in [9.17, 15) is 9.59 Å². The quantitative estimate of drug-likeness (QED) is 0.498. The van der Waals surface area contributed by atoms with Gasteiger partial charge in [-0.15, -0.1) is 24.8 Å². The first-order chi connectivity index (χ1) is 12.6. The summed E-state index contributed by atoms with van der Waals surface area (Å²) in [6.07, 6.45) is 5.89. The second kappa shape index (κ2) is 13.8. The van der Waals surface area contributed by atoms with Crippen LogP contribution in [-0.4, -0.2) is 23.3 Å². The van der Waals surface area contributed by atoms with Crippen LogP contribution < -0.4 is 21.5 Å². The van der Waals surface area contributed by atoms with Gasteiger partial charge in [0.2, 0.25) is 17.7 Å². The summed E-state index contributed by atoms with van der Waals surface area (Å²) in [4.78, 5) is 27.2. The highest BCUT2D eigenvalue weighted by Crippen LogP contribution is 2.21. The average Bonchev–Trinajstić information content (AvgIpc) is 2.63. The number of amides is 2. The van der Waals surface area contributed by atoms with Crippen LogP contribution in [0.25, 0.3) is 0 Å². The van der Waals surface area contributed by atoms with Crippen molar-refractivity contribution in [3.8, 4) is 11.6 Å². The van der Waals surface area contributed by atoms with Crippen molar-refractivity contribution in [3.05, 3.63) is 48.2 Å². The maximum absolute atomic E-state index is 11.9. The van der Waals surface area contributed by atoms with Gasteiger partial charge in [0.15, 0.2) is 0 Å². The Morgan fingerprint density at radius 1 is 1.04 bits per heavy atom. The van der Waals surface area contributed by atoms with Gasteiger partial charge < -0.3 is 21.5 Å². The van der Waals surface area contributed by atoms with E-state index in [0.717, 1.165) is 25.7 Å². The first-order valence-electron chi connectivity index (χ1n) is 8.62. The minimum Gasteiger partial charge on any atom is -0.439 e. The highest BCUT2D eigenvalue weighted by atomic mass is 35.5. The molecular weight excluding hydrogens is 403 g/mol. The van der Waals surface area contributed by atoms with Crippen molar-refractivity contribution in [1.82, 2.24) is 4.98 Å². The lowest BCUT2D eigenvalue weighted by Crippen LogP contribution is -2.11. The molecule has 0 atom stereocenters. The third-order valence-corrected chi connectivity index (χ3v) is 3.72. The van der Waals surface area contributed by atoms with Gasteiger partial charge in [-0.2, -0.15) is 0 Å². The van der Waals surface area contributed by atoms with Crippen LogP contribution in [0.3, 0.4) is 0 Å². The van der Waals surface area contributed by atoms with Crippen LogP contribution in [0, 0.1) is 0 Å². The number of pyridine rings is 1. The van der Waals surface area contributed by atoms with E-state index < -0.39 is 5.91 Å². The highest BCUT2D eigenvalue weighted by Gasteiger charge is 2.06. The molecule has 0 aliphatic rings. The number of anilines is 1. The molecule has 1 heterocycles. The summed E-state index contributed by atoms with van der Waals surface area (Å²) in [5.74, 6) is 0.251. The second-order valence-corrected chi connectivity index (χ2v) is 5.88. The largest absolute Gasteiger partial charge is 0.439 e. The molecule has 0 bridgehead atoms. The number of nitrogens with one attached hydrogen (secondary N) is 1. The summed E-state index contributed by atoms with van der Waals surface area (Å²) in [5.41, 5.74) is 11.6. The fraction of sp³-hybridized carbons (Fsp3) is 0.316. The maximum atomic E-state index is 11.9. The standard InChI is InChI=1S/C19H24N4O3.2ClH/c20-11-4-2-1-3-8-17(24)23-15-9-10-18(22-13-15)26-16-7-5-6-14(12-16)19(21)25;;/h5-7,9-10,12-13H,1-4,8,11,20H2,(H2,21,25)(H,23,24);2*1H. The third-order valence-electron chi connectivity index (χ3n) is 3.72. The van der Waals surface area contributed by atoms with Crippen molar-refractivity contribution in [2.75, 3.05) is 11.9 Å². The molecule has 0 spiro atoms. The molecule has 0 saturated heterocycles. The van der Waals surface area contributed by atoms with Gasteiger partial charge in [0.1, 0.15) is 5.75 Å².